The summed E-state index contributed by atoms with van der Waals surface area (Å²) in [4.78, 5) is 4.48. The highest BCUT2D eigenvalue weighted by Crippen LogP contribution is 2.29. The van der Waals surface area contributed by atoms with Gasteiger partial charge in [-0.25, -0.2) is 0 Å². The number of ether oxygens (including phenoxy) is 1. The van der Waals surface area contributed by atoms with Gasteiger partial charge in [-0.2, -0.15) is 16.7 Å². The molecular weight excluding hydrogens is 270 g/mol. The van der Waals surface area contributed by atoms with Crippen molar-refractivity contribution in [2.45, 2.75) is 50.3 Å². The smallest absolute Gasteiger partial charge is 0.239 e. The number of pyridine rings is 1. The Morgan fingerprint density at radius 1 is 1.35 bits per heavy atom. The highest BCUT2D eigenvalue weighted by molar-refractivity contribution is 7.99. The second-order valence-corrected chi connectivity index (χ2v) is 6.43. The van der Waals surface area contributed by atoms with Crippen LogP contribution in [0.4, 0.5) is 11.5 Å². The molecule has 0 spiro atoms. The normalized spacial score (nSPS) is 22.5. The van der Waals surface area contributed by atoms with Crippen LogP contribution in [0.2, 0.25) is 0 Å². The van der Waals surface area contributed by atoms with Crippen molar-refractivity contribution in [3.63, 3.8) is 0 Å². The van der Waals surface area contributed by atoms with Crippen LogP contribution in [0.15, 0.2) is 12.1 Å². The first kappa shape index (κ1) is 15.3. The summed E-state index contributed by atoms with van der Waals surface area (Å²) in [7, 11) is 0. The molecule has 0 radical (unpaired) electrons. The Hall–Kier alpha value is -1.10. The van der Waals surface area contributed by atoms with E-state index in [0.29, 0.717) is 24.2 Å². The Kier molecular flexibility index (Phi) is 5.83. The highest BCUT2D eigenvalue weighted by Gasteiger charge is 2.20. The molecule has 112 valence electrons. The van der Waals surface area contributed by atoms with Crippen LogP contribution in [0.5, 0.6) is 5.88 Å². The molecule has 1 aromatic rings. The SMILES string of the molecule is CCCOc1nc(NC2CCC(SC)CC2)ccc1N. The molecule has 1 aliphatic carbocycles. The quantitative estimate of drug-likeness (QED) is 0.840. The lowest BCUT2D eigenvalue weighted by Gasteiger charge is -2.28. The predicted molar refractivity (Wildman–Crippen MR) is 87.6 cm³/mol. The number of hydrogen-bond donors (Lipinski definition) is 2. The fourth-order valence-electron chi connectivity index (χ4n) is 2.50. The molecule has 0 amide bonds. The predicted octanol–water partition coefficient (Wildman–Crippen LogP) is 3.54. The van der Waals surface area contributed by atoms with Gasteiger partial charge >= 0.3 is 0 Å². The molecule has 20 heavy (non-hydrogen) atoms. The molecule has 0 atom stereocenters. The average Bonchev–Trinajstić information content (AvgIpc) is 2.48. The van der Waals surface area contributed by atoms with Crippen molar-refractivity contribution < 1.29 is 4.74 Å². The molecule has 0 saturated heterocycles. The van der Waals surface area contributed by atoms with Gasteiger partial charge in [0.1, 0.15) is 5.82 Å². The number of aromatic nitrogens is 1. The zero-order valence-corrected chi connectivity index (χ0v) is 13.2. The molecule has 1 saturated carbocycles. The number of thioether (sulfide) groups is 1. The maximum Gasteiger partial charge on any atom is 0.239 e. The summed E-state index contributed by atoms with van der Waals surface area (Å²) in [5.41, 5.74) is 6.49. The van der Waals surface area contributed by atoms with Gasteiger partial charge in [0.25, 0.3) is 0 Å². The van der Waals surface area contributed by atoms with E-state index in [1.54, 1.807) is 0 Å². The molecule has 1 fully saturated rings. The van der Waals surface area contributed by atoms with Crippen molar-refractivity contribution in [3.05, 3.63) is 12.1 Å². The molecule has 0 bridgehead atoms. The van der Waals surface area contributed by atoms with Crippen molar-refractivity contribution in [3.8, 4) is 5.88 Å². The second-order valence-electron chi connectivity index (χ2n) is 5.29. The van der Waals surface area contributed by atoms with Gasteiger partial charge in [0.05, 0.1) is 12.3 Å². The Labute approximate surface area is 125 Å². The first-order chi connectivity index (χ1) is 9.72. The fraction of sp³-hybridized carbons (Fsp3) is 0.667. The van der Waals surface area contributed by atoms with Crippen LogP contribution in [-0.4, -0.2) is 29.1 Å². The lowest BCUT2D eigenvalue weighted by molar-refractivity contribution is 0.307. The number of hydrogen-bond acceptors (Lipinski definition) is 5. The van der Waals surface area contributed by atoms with Crippen LogP contribution < -0.4 is 15.8 Å². The van der Waals surface area contributed by atoms with Crippen molar-refractivity contribution in [2.24, 2.45) is 0 Å². The molecule has 3 N–H and O–H groups in total. The van der Waals surface area contributed by atoms with Gasteiger partial charge in [0, 0.05) is 11.3 Å². The lowest BCUT2D eigenvalue weighted by atomic mass is 9.95. The van der Waals surface area contributed by atoms with Crippen molar-refractivity contribution in [1.29, 1.82) is 0 Å². The van der Waals surface area contributed by atoms with E-state index in [4.69, 9.17) is 10.5 Å². The standard InChI is InChI=1S/C15H25N3OS/c1-3-10-19-15-13(16)8-9-14(18-15)17-11-4-6-12(20-2)7-5-11/h8-9,11-12H,3-7,10,16H2,1-2H3,(H,17,18). The Morgan fingerprint density at radius 3 is 2.75 bits per heavy atom. The number of nitrogens with zero attached hydrogens (tertiary/aromatic N) is 1. The molecule has 4 nitrogen and oxygen atoms in total. The highest BCUT2D eigenvalue weighted by atomic mass is 32.2. The van der Waals surface area contributed by atoms with Crippen LogP contribution in [-0.2, 0) is 0 Å². The number of anilines is 2. The third kappa shape index (κ3) is 4.20. The molecule has 0 unspecified atom stereocenters. The third-order valence-electron chi connectivity index (χ3n) is 3.69. The number of nitrogens with two attached hydrogens (primary N) is 1. The largest absolute Gasteiger partial charge is 0.476 e. The summed E-state index contributed by atoms with van der Waals surface area (Å²) < 4.78 is 5.57. The maximum absolute atomic E-state index is 5.88. The molecule has 0 aromatic carbocycles. The molecular formula is C15H25N3OS. The van der Waals surface area contributed by atoms with E-state index in [1.807, 2.05) is 23.9 Å². The van der Waals surface area contributed by atoms with Crippen LogP contribution in [0.3, 0.4) is 0 Å². The molecule has 1 heterocycles. The number of rotatable bonds is 6. The van der Waals surface area contributed by atoms with Crippen LogP contribution in [0, 0.1) is 0 Å². The van der Waals surface area contributed by atoms with Gasteiger partial charge in [-0.1, -0.05) is 6.92 Å². The molecule has 5 heteroatoms. The van der Waals surface area contributed by atoms with Crippen LogP contribution in [0.1, 0.15) is 39.0 Å². The lowest BCUT2D eigenvalue weighted by Crippen LogP contribution is -2.27. The van der Waals surface area contributed by atoms with Crippen molar-refractivity contribution in [1.82, 2.24) is 4.98 Å². The third-order valence-corrected chi connectivity index (χ3v) is 4.83. The van der Waals surface area contributed by atoms with E-state index in [-0.39, 0.29) is 0 Å². The summed E-state index contributed by atoms with van der Waals surface area (Å²) in [6.07, 6.45) is 8.15. The molecule has 1 aromatic heterocycles. The van der Waals surface area contributed by atoms with Crippen molar-refractivity contribution in [2.75, 3.05) is 23.9 Å². The minimum atomic E-state index is 0.522. The summed E-state index contributed by atoms with van der Waals surface area (Å²) in [5.74, 6) is 1.42. The molecule has 0 aliphatic heterocycles. The first-order valence-corrected chi connectivity index (χ1v) is 8.70. The molecule has 2 rings (SSSR count). The van der Waals surface area contributed by atoms with Gasteiger partial charge in [0.2, 0.25) is 5.88 Å². The minimum Gasteiger partial charge on any atom is -0.476 e. The number of nitrogen functional groups attached to an aromatic ring is 1. The summed E-state index contributed by atoms with van der Waals surface area (Å²) >= 11 is 1.99. The Morgan fingerprint density at radius 2 is 2.10 bits per heavy atom. The van der Waals surface area contributed by atoms with E-state index >= 15 is 0 Å². The van der Waals surface area contributed by atoms with Gasteiger partial charge in [0.15, 0.2) is 0 Å². The van der Waals surface area contributed by atoms with Gasteiger partial charge < -0.3 is 15.8 Å². The van der Waals surface area contributed by atoms with E-state index in [0.717, 1.165) is 17.5 Å². The van der Waals surface area contributed by atoms with Crippen LogP contribution in [0.25, 0.3) is 0 Å². The minimum absolute atomic E-state index is 0.522. The first-order valence-electron chi connectivity index (χ1n) is 7.41. The van der Waals surface area contributed by atoms with Gasteiger partial charge in [-0.05, 0) is 50.5 Å². The second kappa shape index (κ2) is 7.62. The average molecular weight is 295 g/mol. The van der Waals surface area contributed by atoms with Crippen LogP contribution >= 0.6 is 11.8 Å². The van der Waals surface area contributed by atoms with E-state index < -0.39 is 0 Å². The van der Waals surface area contributed by atoms with E-state index in [1.165, 1.54) is 25.7 Å². The Bertz CT molecular complexity index is 420. The monoisotopic (exact) mass is 295 g/mol. The van der Waals surface area contributed by atoms with Gasteiger partial charge in [-0.15, -0.1) is 0 Å². The van der Waals surface area contributed by atoms with Gasteiger partial charge in [-0.3, -0.25) is 0 Å². The number of nitrogens with one attached hydrogen (secondary N) is 1. The fourth-order valence-corrected chi connectivity index (χ4v) is 3.24. The summed E-state index contributed by atoms with van der Waals surface area (Å²) in [6, 6.07) is 4.33. The summed E-state index contributed by atoms with van der Waals surface area (Å²) in [6.45, 7) is 2.72. The summed E-state index contributed by atoms with van der Waals surface area (Å²) in [5, 5.41) is 4.34. The topological polar surface area (TPSA) is 60.2 Å². The maximum atomic E-state index is 5.88. The van der Waals surface area contributed by atoms with E-state index in [2.05, 4.69) is 23.5 Å². The Balaban J connectivity index is 1.92. The van der Waals surface area contributed by atoms with E-state index in [9.17, 15) is 0 Å². The zero-order chi connectivity index (χ0) is 14.4. The van der Waals surface area contributed by atoms with Crippen molar-refractivity contribution >= 4 is 23.3 Å². The molecule has 1 aliphatic rings. The zero-order valence-electron chi connectivity index (χ0n) is 12.4.